The molecule has 1 aromatic heterocycles. The minimum atomic E-state index is 0.00532. The van der Waals surface area contributed by atoms with Gasteiger partial charge in [0.1, 0.15) is 0 Å². The third-order valence-electron chi connectivity index (χ3n) is 3.89. The first-order chi connectivity index (χ1) is 11.6. The van der Waals surface area contributed by atoms with Gasteiger partial charge in [0.15, 0.2) is 5.78 Å². The van der Waals surface area contributed by atoms with Crippen molar-refractivity contribution in [1.29, 1.82) is 0 Å². The zero-order valence-electron chi connectivity index (χ0n) is 13.9. The predicted octanol–water partition coefficient (Wildman–Crippen LogP) is 4.44. The highest BCUT2D eigenvalue weighted by molar-refractivity contribution is 6.06. The topological polar surface area (TPSA) is 25.2 Å². The zero-order chi connectivity index (χ0) is 16.9. The number of carbonyl (C=O) groups excluding carboxylic acids is 1. The molecule has 24 heavy (non-hydrogen) atoms. The Balaban J connectivity index is 1.70. The summed E-state index contributed by atoms with van der Waals surface area (Å²) in [4.78, 5) is 14.3. The van der Waals surface area contributed by atoms with Crippen molar-refractivity contribution in [2.45, 2.75) is 0 Å². The number of hydrogen-bond acceptors (Lipinski definition) is 2. The highest BCUT2D eigenvalue weighted by Gasteiger charge is 2.02. The molecule has 0 amide bonds. The van der Waals surface area contributed by atoms with Gasteiger partial charge < -0.3 is 9.47 Å². The van der Waals surface area contributed by atoms with Crippen LogP contribution in [-0.2, 0) is 0 Å². The van der Waals surface area contributed by atoms with Gasteiger partial charge in [0.05, 0.1) is 0 Å². The maximum absolute atomic E-state index is 12.3. The molecule has 3 aromatic rings. The molecule has 3 nitrogen and oxygen atoms in total. The number of hydrogen-bond donors (Lipinski definition) is 0. The molecular formula is C21H20N2O. The molecule has 2 aromatic carbocycles. The van der Waals surface area contributed by atoms with Gasteiger partial charge in [0.2, 0.25) is 0 Å². The molecule has 0 aliphatic rings. The van der Waals surface area contributed by atoms with E-state index in [2.05, 4.69) is 0 Å². The van der Waals surface area contributed by atoms with Gasteiger partial charge in [-0.05, 0) is 60.2 Å². The Labute approximate surface area is 142 Å². The highest BCUT2D eigenvalue weighted by atomic mass is 16.1. The minimum Gasteiger partial charge on any atom is -0.378 e. The van der Waals surface area contributed by atoms with Gasteiger partial charge in [0, 0.05) is 43.4 Å². The fraction of sp³-hybridized carbons (Fsp3) is 0.0952. The molecule has 0 saturated carbocycles. The summed E-state index contributed by atoms with van der Waals surface area (Å²) in [6.45, 7) is 0. The van der Waals surface area contributed by atoms with Crippen LogP contribution in [0.3, 0.4) is 0 Å². The van der Waals surface area contributed by atoms with E-state index in [-0.39, 0.29) is 5.78 Å². The highest BCUT2D eigenvalue weighted by Crippen LogP contribution is 2.14. The van der Waals surface area contributed by atoms with Crippen molar-refractivity contribution < 1.29 is 4.79 Å². The summed E-state index contributed by atoms with van der Waals surface area (Å²) in [6.07, 6.45) is 7.43. The van der Waals surface area contributed by atoms with Crippen LogP contribution in [0.1, 0.15) is 15.9 Å². The summed E-state index contributed by atoms with van der Waals surface area (Å²) >= 11 is 0. The van der Waals surface area contributed by atoms with Crippen LogP contribution in [-0.4, -0.2) is 24.4 Å². The van der Waals surface area contributed by atoms with Crippen molar-refractivity contribution in [3.8, 4) is 5.69 Å². The first kappa shape index (κ1) is 15.8. The fourth-order valence-electron chi connectivity index (χ4n) is 2.46. The summed E-state index contributed by atoms with van der Waals surface area (Å²) in [7, 11) is 4.01. The van der Waals surface area contributed by atoms with Crippen molar-refractivity contribution in [3.05, 3.63) is 90.3 Å². The third kappa shape index (κ3) is 3.63. The number of nitrogens with zero attached hydrogens (tertiary/aromatic N) is 2. The van der Waals surface area contributed by atoms with Gasteiger partial charge in [0.25, 0.3) is 0 Å². The predicted molar refractivity (Wildman–Crippen MR) is 99.9 cm³/mol. The lowest BCUT2D eigenvalue weighted by atomic mass is 10.1. The molecular weight excluding hydrogens is 296 g/mol. The lowest BCUT2D eigenvalue weighted by Crippen LogP contribution is -2.07. The largest absolute Gasteiger partial charge is 0.378 e. The van der Waals surface area contributed by atoms with Gasteiger partial charge in [-0.1, -0.05) is 18.2 Å². The SMILES string of the molecule is CN(C)c1ccc(/C=C/C(=O)c2ccc(-n3cccc3)cc2)cc1. The second-order valence-corrected chi connectivity index (χ2v) is 5.82. The average molecular weight is 316 g/mol. The van der Waals surface area contributed by atoms with Gasteiger partial charge >= 0.3 is 0 Å². The van der Waals surface area contributed by atoms with Crippen LogP contribution in [0.5, 0.6) is 0 Å². The van der Waals surface area contributed by atoms with E-state index in [4.69, 9.17) is 0 Å². The Bertz CT molecular complexity index is 827. The second kappa shape index (κ2) is 7.01. The van der Waals surface area contributed by atoms with E-state index >= 15 is 0 Å². The summed E-state index contributed by atoms with van der Waals surface area (Å²) < 4.78 is 2.01. The summed E-state index contributed by atoms with van der Waals surface area (Å²) in [6, 6.07) is 19.7. The Morgan fingerprint density at radius 3 is 2.12 bits per heavy atom. The Hall–Kier alpha value is -3.07. The molecule has 3 rings (SSSR count). The van der Waals surface area contributed by atoms with Gasteiger partial charge in [-0.15, -0.1) is 0 Å². The lowest BCUT2D eigenvalue weighted by Gasteiger charge is -2.11. The normalized spacial score (nSPS) is 10.9. The number of anilines is 1. The van der Waals surface area contributed by atoms with E-state index in [1.165, 1.54) is 0 Å². The summed E-state index contributed by atoms with van der Waals surface area (Å²) in [5.41, 5.74) is 3.88. The van der Waals surface area contributed by atoms with E-state index in [1.807, 2.05) is 103 Å². The molecule has 0 unspecified atom stereocenters. The molecule has 3 heteroatoms. The number of ketones is 1. The number of benzene rings is 2. The summed E-state index contributed by atoms with van der Waals surface area (Å²) in [5.74, 6) is 0.00532. The molecule has 120 valence electrons. The van der Waals surface area contributed by atoms with Crippen LogP contribution in [0.4, 0.5) is 5.69 Å². The van der Waals surface area contributed by atoms with E-state index in [0.717, 1.165) is 16.9 Å². The molecule has 1 heterocycles. The molecule has 0 fully saturated rings. The molecule has 0 saturated heterocycles. The molecule has 0 aliphatic carbocycles. The molecule has 0 aliphatic heterocycles. The van der Waals surface area contributed by atoms with Crippen molar-refractivity contribution in [1.82, 2.24) is 4.57 Å². The average Bonchev–Trinajstić information content (AvgIpc) is 3.15. The van der Waals surface area contributed by atoms with Gasteiger partial charge in [-0.3, -0.25) is 4.79 Å². The number of allylic oxidation sites excluding steroid dienone is 1. The first-order valence-electron chi connectivity index (χ1n) is 7.87. The van der Waals surface area contributed by atoms with Crippen LogP contribution in [0.2, 0.25) is 0 Å². The maximum atomic E-state index is 12.3. The molecule has 0 N–H and O–H groups in total. The van der Waals surface area contributed by atoms with Gasteiger partial charge in [-0.2, -0.15) is 0 Å². The quantitative estimate of drug-likeness (QED) is 0.513. The second-order valence-electron chi connectivity index (χ2n) is 5.82. The van der Waals surface area contributed by atoms with Crippen LogP contribution in [0.15, 0.2) is 79.1 Å². The third-order valence-corrected chi connectivity index (χ3v) is 3.89. The first-order valence-corrected chi connectivity index (χ1v) is 7.87. The maximum Gasteiger partial charge on any atom is 0.185 e. The number of aromatic nitrogens is 1. The minimum absolute atomic E-state index is 0.00532. The molecule has 0 radical (unpaired) electrons. The van der Waals surface area contributed by atoms with Crippen molar-refractivity contribution in [2.75, 3.05) is 19.0 Å². The van der Waals surface area contributed by atoms with Crippen molar-refractivity contribution in [3.63, 3.8) is 0 Å². The van der Waals surface area contributed by atoms with E-state index in [0.29, 0.717) is 5.56 Å². The lowest BCUT2D eigenvalue weighted by molar-refractivity contribution is 0.104. The van der Waals surface area contributed by atoms with Crippen molar-refractivity contribution in [2.24, 2.45) is 0 Å². The smallest absolute Gasteiger partial charge is 0.185 e. The van der Waals surface area contributed by atoms with E-state index in [1.54, 1.807) is 6.08 Å². The molecule has 0 bridgehead atoms. The Morgan fingerprint density at radius 1 is 0.917 bits per heavy atom. The van der Waals surface area contributed by atoms with Gasteiger partial charge in [-0.25, -0.2) is 0 Å². The van der Waals surface area contributed by atoms with E-state index in [9.17, 15) is 4.79 Å². The molecule has 0 spiro atoms. The summed E-state index contributed by atoms with van der Waals surface area (Å²) in [5, 5.41) is 0. The fourth-order valence-corrected chi connectivity index (χ4v) is 2.46. The van der Waals surface area contributed by atoms with Crippen molar-refractivity contribution >= 4 is 17.5 Å². The Morgan fingerprint density at radius 2 is 1.54 bits per heavy atom. The zero-order valence-corrected chi connectivity index (χ0v) is 13.9. The van der Waals surface area contributed by atoms with E-state index < -0.39 is 0 Å². The number of rotatable bonds is 5. The standard InChI is InChI=1S/C21H20N2O/c1-22(2)19-10-5-17(6-11-19)7-14-21(24)18-8-12-20(13-9-18)23-15-3-4-16-23/h3-16H,1-2H3/b14-7+. The Kier molecular flexibility index (Phi) is 4.62. The molecule has 0 atom stereocenters. The number of carbonyl (C=O) groups is 1. The van der Waals surface area contributed by atoms with Crippen LogP contribution in [0.25, 0.3) is 11.8 Å². The van der Waals surface area contributed by atoms with Crippen LogP contribution in [0, 0.1) is 0 Å². The van der Waals surface area contributed by atoms with Crippen LogP contribution >= 0.6 is 0 Å². The van der Waals surface area contributed by atoms with Crippen LogP contribution < -0.4 is 4.90 Å². The monoisotopic (exact) mass is 316 g/mol.